The maximum atomic E-state index is 13.2. The van der Waals surface area contributed by atoms with E-state index in [0.29, 0.717) is 5.75 Å². The zero-order valence-electron chi connectivity index (χ0n) is 14.9. The lowest BCUT2D eigenvalue weighted by Gasteiger charge is -2.29. The molecular weight excluding hydrogens is 399 g/mol. The molecule has 0 saturated heterocycles. The van der Waals surface area contributed by atoms with E-state index in [-0.39, 0.29) is 11.2 Å². The van der Waals surface area contributed by atoms with Crippen LogP contribution in [0.15, 0.2) is 24.3 Å². The molecule has 1 aromatic rings. The summed E-state index contributed by atoms with van der Waals surface area (Å²) in [6.07, 6.45) is 10.4. The first kappa shape index (κ1) is 20.5. The summed E-state index contributed by atoms with van der Waals surface area (Å²) in [5.74, 6) is 0.931. The number of halogens is 1. The largest absolute Gasteiger partial charge is 0.427 e. The summed E-state index contributed by atoms with van der Waals surface area (Å²) in [4.78, 5) is 13.2. The molecule has 1 rings (SSSR count). The minimum absolute atomic E-state index is 0.244. The van der Waals surface area contributed by atoms with E-state index in [4.69, 9.17) is 3.07 Å². The summed E-state index contributed by atoms with van der Waals surface area (Å²) in [7, 11) is 0. The minimum Gasteiger partial charge on any atom is -0.427 e. The Labute approximate surface area is 156 Å². The zero-order chi connectivity index (χ0) is 17.1. The number of benzene rings is 1. The van der Waals surface area contributed by atoms with Gasteiger partial charge in [0.2, 0.25) is 0 Å². The summed E-state index contributed by atoms with van der Waals surface area (Å²) in [5.41, 5.74) is 0.460. The number of hydrogen-bond acceptors (Lipinski definition) is 2. The Morgan fingerprint density at radius 1 is 1.00 bits per heavy atom. The molecule has 0 aliphatic carbocycles. The molecule has 1 aromatic carbocycles. The van der Waals surface area contributed by atoms with E-state index in [1.54, 1.807) is 0 Å². The first-order chi connectivity index (χ1) is 11.1. The number of para-hydroxylation sites is 1. The van der Waals surface area contributed by atoms with Crippen LogP contribution in [0.5, 0.6) is 5.75 Å². The SMILES string of the molecule is CCCCCCCC(C)(CCCC)C(=O)c1ccccc1OI. The fourth-order valence-corrected chi connectivity index (χ4v) is 3.47. The molecule has 0 fully saturated rings. The molecule has 3 heteroatoms. The van der Waals surface area contributed by atoms with Crippen molar-refractivity contribution >= 4 is 28.8 Å². The van der Waals surface area contributed by atoms with Crippen LogP contribution >= 0.6 is 23.0 Å². The first-order valence-corrected chi connectivity index (χ1v) is 9.89. The molecule has 23 heavy (non-hydrogen) atoms. The molecule has 0 N–H and O–H groups in total. The third-order valence-electron chi connectivity index (χ3n) is 4.68. The number of carbonyl (C=O) groups is 1. The van der Waals surface area contributed by atoms with Crippen LogP contribution in [0.2, 0.25) is 0 Å². The highest BCUT2D eigenvalue weighted by atomic mass is 127. The normalized spacial score (nSPS) is 13.6. The van der Waals surface area contributed by atoms with Crippen molar-refractivity contribution in [3.05, 3.63) is 29.8 Å². The lowest BCUT2D eigenvalue weighted by atomic mass is 9.74. The lowest BCUT2D eigenvalue weighted by molar-refractivity contribution is 0.0777. The third-order valence-corrected chi connectivity index (χ3v) is 5.15. The monoisotopic (exact) mass is 430 g/mol. The quantitative estimate of drug-likeness (QED) is 0.200. The molecule has 0 aliphatic rings. The van der Waals surface area contributed by atoms with E-state index in [2.05, 4.69) is 20.8 Å². The van der Waals surface area contributed by atoms with Gasteiger partial charge in [-0.2, -0.15) is 0 Å². The van der Waals surface area contributed by atoms with Crippen LogP contribution in [0.1, 0.15) is 88.9 Å². The van der Waals surface area contributed by atoms with Gasteiger partial charge >= 0.3 is 0 Å². The van der Waals surface area contributed by atoms with Crippen molar-refractivity contribution < 1.29 is 7.86 Å². The highest BCUT2D eigenvalue weighted by Gasteiger charge is 2.34. The third kappa shape index (κ3) is 6.44. The Balaban J connectivity index is 2.83. The highest BCUT2D eigenvalue weighted by Crippen LogP contribution is 2.37. The van der Waals surface area contributed by atoms with Crippen LogP contribution < -0.4 is 3.07 Å². The Morgan fingerprint density at radius 2 is 1.61 bits per heavy atom. The molecule has 0 heterocycles. The molecule has 0 radical (unpaired) electrons. The molecule has 0 amide bonds. The number of unbranched alkanes of at least 4 members (excludes halogenated alkanes) is 5. The van der Waals surface area contributed by atoms with Gasteiger partial charge < -0.3 is 3.07 Å². The summed E-state index contributed by atoms with van der Waals surface area (Å²) < 4.78 is 5.37. The summed E-state index contributed by atoms with van der Waals surface area (Å²) in [5, 5.41) is 0. The molecule has 1 atom stereocenters. The van der Waals surface area contributed by atoms with Crippen molar-refractivity contribution in [1.29, 1.82) is 0 Å². The summed E-state index contributed by atoms with van der Waals surface area (Å²) >= 11 is 1.86. The maximum absolute atomic E-state index is 13.2. The number of Topliss-reactive ketones (excluding diaryl/α,β-unsaturated/α-hetero) is 1. The molecule has 0 aliphatic heterocycles. The van der Waals surface area contributed by atoms with Crippen LogP contribution in [0.25, 0.3) is 0 Å². The van der Waals surface area contributed by atoms with E-state index in [0.717, 1.165) is 37.7 Å². The fourth-order valence-electron chi connectivity index (χ4n) is 3.08. The van der Waals surface area contributed by atoms with Crippen molar-refractivity contribution in [2.75, 3.05) is 0 Å². The van der Waals surface area contributed by atoms with Gasteiger partial charge in [0.05, 0.1) is 5.56 Å². The van der Waals surface area contributed by atoms with Gasteiger partial charge in [-0.25, -0.2) is 0 Å². The lowest BCUT2D eigenvalue weighted by Crippen LogP contribution is -2.28. The van der Waals surface area contributed by atoms with Crippen molar-refractivity contribution in [3.63, 3.8) is 0 Å². The second-order valence-electron chi connectivity index (χ2n) is 6.73. The summed E-state index contributed by atoms with van der Waals surface area (Å²) in [6, 6.07) is 7.62. The number of ketones is 1. The average Bonchev–Trinajstić information content (AvgIpc) is 2.59. The molecule has 130 valence electrons. The van der Waals surface area contributed by atoms with Gasteiger partial charge in [0.25, 0.3) is 0 Å². The number of rotatable bonds is 12. The van der Waals surface area contributed by atoms with Gasteiger partial charge in [-0.3, -0.25) is 4.79 Å². The first-order valence-electron chi connectivity index (χ1n) is 9.01. The molecule has 0 spiro atoms. The molecule has 0 saturated carbocycles. The second-order valence-corrected chi connectivity index (χ2v) is 7.17. The van der Waals surface area contributed by atoms with Crippen molar-refractivity contribution in [3.8, 4) is 5.75 Å². The number of carbonyl (C=O) groups excluding carboxylic acids is 1. The van der Waals surface area contributed by atoms with Crippen LogP contribution in [0, 0.1) is 5.41 Å². The van der Waals surface area contributed by atoms with Gasteiger partial charge in [-0.15, -0.1) is 0 Å². The van der Waals surface area contributed by atoms with Crippen molar-refractivity contribution in [1.82, 2.24) is 0 Å². The maximum Gasteiger partial charge on any atom is 0.192 e. The predicted molar refractivity (Wildman–Crippen MR) is 106 cm³/mol. The van der Waals surface area contributed by atoms with Crippen LogP contribution in [0.3, 0.4) is 0 Å². The smallest absolute Gasteiger partial charge is 0.192 e. The Hall–Kier alpha value is -0.580. The van der Waals surface area contributed by atoms with E-state index in [1.807, 2.05) is 47.3 Å². The number of hydrogen-bond donors (Lipinski definition) is 0. The van der Waals surface area contributed by atoms with E-state index in [9.17, 15) is 4.79 Å². The predicted octanol–water partition coefficient (Wildman–Crippen LogP) is 7.16. The summed E-state index contributed by atoms with van der Waals surface area (Å²) in [6.45, 7) is 6.57. The van der Waals surface area contributed by atoms with Crippen LogP contribution in [0.4, 0.5) is 0 Å². The van der Waals surface area contributed by atoms with E-state index < -0.39 is 0 Å². The van der Waals surface area contributed by atoms with Crippen molar-refractivity contribution in [2.45, 2.75) is 78.6 Å². The Bertz CT molecular complexity index is 472. The Morgan fingerprint density at radius 3 is 2.26 bits per heavy atom. The van der Waals surface area contributed by atoms with Gasteiger partial charge in [-0.05, 0) is 25.0 Å². The topological polar surface area (TPSA) is 26.3 Å². The van der Waals surface area contributed by atoms with Gasteiger partial charge in [0.1, 0.15) is 5.75 Å². The standard InChI is InChI=1S/C20H31IO2/c1-4-6-8-9-12-16-20(3,15-7-5-2)19(22)17-13-10-11-14-18(17)23-21/h10-11,13-14H,4-9,12,15-16H2,1-3H3. The van der Waals surface area contributed by atoms with Crippen LogP contribution in [-0.4, -0.2) is 5.78 Å². The van der Waals surface area contributed by atoms with E-state index >= 15 is 0 Å². The molecular formula is C20H31IO2. The van der Waals surface area contributed by atoms with Crippen LogP contribution in [-0.2, 0) is 0 Å². The second kappa shape index (κ2) is 11.1. The Kier molecular flexibility index (Phi) is 9.84. The molecule has 0 bridgehead atoms. The highest BCUT2D eigenvalue weighted by molar-refractivity contribution is 14.1. The van der Waals surface area contributed by atoms with Crippen molar-refractivity contribution in [2.24, 2.45) is 5.41 Å². The van der Waals surface area contributed by atoms with E-state index in [1.165, 1.54) is 25.7 Å². The minimum atomic E-state index is -0.270. The zero-order valence-corrected chi connectivity index (χ0v) is 17.0. The van der Waals surface area contributed by atoms with Gasteiger partial charge in [0.15, 0.2) is 28.8 Å². The average molecular weight is 430 g/mol. The van der Waals surface area contributed by atoms with Gasteiger partial charge in [0, 0.05) is 5.41 Å². The molecule has 0 aromatic heterocycles. The fraction of sp³-hybridized carbons (Fsp3) is 0.650. The van der Waals surface area contributed by atoms with Gasteiger partial charge in [-0.1, -0.05) is 77.8 Å². The molecule has 1 unspecified atom stereocenters. The molecule has 2 nitrogen and oxygen atoms in total.